The molecule has 216 valence electrons. The molecule has 5 aliphatic rings. The van der Waals surface area contributed by atoms with Gasteiger partial charge in [-0.25, -0.2) is 22.9 Å². The number of rotatable bonds is 5. The molecule has 13 heteroatoms. The van der Waals surface area contributed by atoms with Gasteiger partial charge in [0.05, 0.1) is 16.5 Å². The molecule has 0 bridgehead atoms. The fourth-order valence-electron chi connectivity index (χ4n) is 7.54. The van der Waals surface area contributed by atoms with Crippen LogP contribution in [0.4, 0.5) is 18.0 Å². The lowest BCUT2D eigenvalue weighted by Gasteiger charge is -2.63. The van der Waals surface area contributed by atoms with E-state index in [1.807, 2.05) is 14.5 Å². The molecule has 3 saturated carbocycles. The number of amides is 2. The Morgan fingerprint density at radius 2 is 1.65 bits per heavy atom. The van der Waals surface area contributed by atoms with Crippen molar-refractivity contribution in [3.8, 4) is 0 Å². The molecule has 9 nitrogen and oxygen atoms in total. The number of aliphatic hydroxyl groups is 1. The summed E-state index contributed by atoms with van der Waals surface area (Å²) in [5, 5.41) is 14.7. The van der Waals surface area contributed by atoms with Crippen LogP contribution < -0.4 is 0 Å². The van der Waals surface area contributed by atoms with Gasteiger partial charge in [0.2, 0.25) is 0 Å². The number of nitrogens with zero attached hydrogens (tertiary/aromatic N) is 5. The fourth-order valence-corrected chi connectivity index (χ4v) is 8.43. The Balaban J connectivity index is 0.871. The molecule has 5 fully saturated rings. The van der Waals surface area contributed by atoms with Gasteiger partial charge >= 0.3 is 12.2 Å². The normalized spacial score (nSPS) is 24.8. The second kappa shape index (κ2) is 8.21. The lowest BCUT2D eigenvalue weighted by atomic mass is 9.56. The van der Waals surface area contributed by atoms with Crippen molar-refractivity contribution >= 4 is 15.9 Å². The van der Waals surface area contributed by atoms with Crippen LogP contribution in [-0.4, -0.2) is 76.6 Å². The molecular formula is C27H32F3N5O4S. The van der Waals surface area contributed by atoms with Gasteiger partial charge in [0, 0.05) is 43.3 Å². The first-order valence-electron chi connectivity index (χ1n) is 13.7. The van der Waals surface area contributed by atoms with Crippen LogP contribution in [-0.2, 0) is 28.0 Å². The van der Waals surface area contributed by atoms with Crippen LogP contribution in [0.3, 0.4) is 0 Å². The molecule has 2 aromatic rings. The van der Waals surface area contributed by atoms with E-state index in [2.05, 4.69) is 10.1 Å². The standard InChI is InChI=1S/C27H32F3N5O4S/c1-40(38,39)21-3-2-17(7-20(21)27(28,29)30)6-18-8-24(9-18)12-33(13-24)23(36)34-14-25(15-34)10-19(11-25)35-16-31-22(32-35)26(37)4-5-26/h2-3,7,16,18-19,37H,4-6,8-15H2,1H3. The molecule has 1 N–H and O–H groups in total. The number of likely N-dealkylation sites (tertiary alicyclic amines) is 2. The third-order valence-electron chi connectivity index (χ3n) is 9.72. The highest BCUT2D eigenvalue weighted by molar-refractivity contribution is 7.90. The zero-order chi connectivity index (χ0) is 28.3. The van der Waals surface area contributed by atoms with Crippen molar-refractivity contribution in [1.82, 2.24) is 24.6 Å². The summed E-state index contributed by atoms with van der Waals surface area (Å²) in [6, 6.07) is 3.84. The van der Waals surface area contributed by atoms with E-state index in [9.17, 15) is 31.5 Å². The Morgan fingerprint density at radius 1 is 1.05 bits per heavy atom. The minimum Gasteiger partial charge on any atom is -0.382 e. The van der Waals surface area contributed by atoms with Crippen LogP contribution in [0.5, 0.6) is 0 Å². The van der Waals surface area contributed by atoms with Crippen LogP contribution in [0, 0.1) is 16.7 Å². The second-order valence-corrected chi connectivity index (χ2v) is 15.2. The van der Waals surface area contributed by atoms with Crippen molar-refractivity contribution in [2.75, 3.05) is 32.4 Å². The van der Waals surface area contributed by atoms with Crippen molar-refractivity contribution in [1.29, 1.82) is 0 Å². The molecule has 3 aliphatic carbocycles. The Hall–Kier alpha value is -2.67. The van der Waals surface area contributed by atoms with E-state index >= 15 is 0 Å². The molecule has 2 aliphatic heterocycles. The van der Waals surface area contributed by atoms with E-state index < -0.39 is 32.1 Å². The molecule has 3 heterocycles. The van der Waals surface area contributed by atoms with Gasteiger partial charge in [0.1, 0.15) is 11.9 Å². The van der Waals surface area contributed by atoms with Crippen LogP contribution in [0.25, 0.3) is 0 Å². The van der Waals surface area contributed by atoms with E-state index in [0.717, 1.165) is 57.2 Å². The number of alkyl halides is 3. The smallest absolute Gasteiger partial charge is 0.382 e. The molecule has 1 aromatic heterocycles. The van der Waals surface area contributed by atoms with Gasteiger partial charge in [-0.15, -0.1) is 0 Å². The molecule has 0 unspecified atom stereocenters. The number of hydrogen-bond acceptors (Lipinski definition) is 6. The first-order chi connectivity index (χ1) is 18.7. The van der Waals surface area contributed by atoms with Crippen LogP contribution in [0.1, 0.15) is 61.5 Å². The molecule has 1 aromatic carbocycles. The average molecular weight is 580 g/mol. The summed E-state index contributed by atoms with van der Waals surface area (Å²) in [5.41, 5.74) is -1.24. The van der Waals surface area contributed by atoms with Crippen LogP contribution in [0.2, 0.25) is 0 Å². The van der Waals surface area contributed by atoms with Crippen molar-refractivity contribution in [3.63, 3.8) is 0 Å². The maximum absolute atomic E-state index is 13.5. The average Bonchev–Trinajstić information content (AvgIpc) is 3.31. The number of carbonyl (C=O) groups excluding carboxylic acids is 1. The lowest BCUT2D eigenvalue weighted by Crippen LogP contribution is -2.71. The maximum Gasteiger partial charge on any atom is 0.417 e. The quantitative estimate of drug-likeness (QED) is 0.582. The van der Waals surface area contributed by atoms with Crippen molar-refractivity contribution in [2.45, 2.75) is 67.7 Å². The summed E-state index contributed by atoms with van der Waals surface area (Å²) in [5.74, 6) is 0.735. The number of carbonyl (C=O) groups is 1. The monoisotopic (exact) mass is 579 g/mol. The van der Waals surface area contributed by atoms with Gasteiger partial charge in [-0.3, -0.25) is 0 Å². The zero-order valence-corrected chi connectivity index (χ0v) is 23.0. The first-order valence-corrected chi connectivity index (χ1v) is 15.6. The van der Waals surface area contributed by atoms with Gasteiger partial charge in [-0.05, 0) is 68.6 Å². The van der Waals surface area contributed by atoms with E-state index in [4.69, 9.17) is 0 Å². The van der Waals surface area contributed by atoms with Crippen LogP contribution >= 0.6 is 0 Å². The number of aromatic nitrogens is 3. The van der Waals surface area contributed by atoms with E-state index in [-0.39, 0.29) is 28.8 Å². The van der Waals surface area contributed by atoms with Crippen molar-refractivity contribution < 1.29 is 31.5 Å². The summed E-state index contributed by atoms with van der Waals surface area (Å²) in [6.07, 6.45) is 3.25. The molecule has 40 heavy (non-hydrogen) atoms. The summed E-state index contributed by atoms with van der Waals surface area (Å²) < 4.78 is 65.9. The molecule has 2 spiro atoms. The molecule has 0 radical (unpaired) electrons. The maximum atomic E-state index is 13.5. The van der Waals surface area contributed by atoms with Crippen molar-refractivity contribution in [2.24, 2.45) is 16.7 Å². The van der Waals surface area contributed by atoms with Gasteiger partial charge in [-0.2, -0.15) is 18.3 Å². The predicted octanol–water partition coefficient (Wildman–Crippen LogP) is 3.39. The molecule has 7 rings (SSSR count). The Morgan fingerprint density at radius 3 is 2.20 bits per heavy atom. The van der Waals surface area contributed by atoms with E-state index in [1.54, 1.807) is 6.33 Å². The zero-order valence-electron chi connectivity index (χ0n) is 22.2. The third kappa shape index (κ3) is 4.31. The van der Waals surface area contributed by atoms with E-state index in [1.165, 1.54) is 6.07 Å². The third-order valence-corrected chi connectivity index (χ3v) is 10.9. The fraction of sp³-hybridized carbons (Fsp3) is 0.667. The number of benzene rings is 1. The number of halogens is 3. The SMILES string of the molecule is CS(=O)(=O)c1ccc(CC2CC3(C2)CN(C(=O)N2CC4(CC(n5cnc(C6(O)CC6)n5)C4)C2)C3)cc1C(F)(F)F. The summed E-state index contributed by atoms with van der Waals surface area (Å²) >= 11 is 0. The number of hydrogen-bond donors (Lipinski definition) is 1. The topological polar surface area (TPSA) is 109 Å². The minimum absolute atomic E-state index is 0.0560. The highest BCUT2D eigenvalue weighted by Gasteiger charge is 2.59. The summed E-state index contributed by atoms with van der Waals surface area (Å²) in [7, 11) is -3.98. The summed E-state index contributed by atoms with van der Waals surface area (Å²) in [4.78, 5) is 20.4. The second-order valence-electron chi connectivity index (χ2n) is 13.2. The number of sulfone groups is 1. The molecular weight excluding hydrogens is 547 g/mol. The Labute approximate surface area is 230 Å². The minimum atomic E-state index is -4.74. The highest BCUT2D eigenvalue weighted by atomic mass is 32.2. The van der Waals surface area contributed by atoms with Gasteiger partial charge < -0.3 is 14.9 Å². The Kier molecular flexibility index (Phi) is 5.38. The Bertz CT molecular complexity index is 1470. The molecule has 2 amide bonds. The predicted molar refractivity (Wildman–Crippen MR) is 136 cm³/mol. The largest absolute Gasteiger partial charge is 0.417 e. The van der Waals surface area contributed by atoms with Gasteiger partial charge in [-0.1, -0.05) is 6.07 Å². The van der Waals surface area contributed by atoms with Gasteiger partial charge in [0.25, 0.3) is 0 Å². The summed E-state index contributed by atoms with van der Waals surface area (Å²) in [6.45, 7) is 2.84. The number of urea groups is 1. The molecule has 0 atom stereocenters. The lowest BCUT2D eigenvalue weighted by molar-refractivity contribution is -0.140. The van der Waals surface area contributed by atoms with E-state index in [0.29, 0.717) is 43.7 Å². The molecule has 2 saturated heterocycles. The highest BCUT2D eigenvalue weighted by Crippen LogP contribution is 2.56. The van der Waals surface area contributed by atoms with Crippen LogP contribution in [0.15, 0.2) is 29.4 Å². The van der Waals surface area contributed by atoms with Gasteiger partial charge in [0.15, 0.2) is 15.7 Å². The van der Waals surface area contributed by atoms with Crippen molar-refractivity contribution in [3.05, 3.63) is 41.5 Å². The first kappa shape index (κ1) is 26.2.